The van der Waals surface area contributed by atoms with Gasteiger partial charge in [-0.05, 0) is 51.7 Å². The zero-order valence-electron chi connectivity index (χ0n) is 13.8. The van der Waals surface area contributed by atoms with E-state index in [2.05, 4.69) is 29.7 Å². The van der Waals surface area contributed by atoms with E-state index in [4.69, 9.17) is 0 Å². The minimum Gasteiger partial charge on any atom is -0.352 e. The Hall–Kier alpha value is -1.56. The fourth-order valence-electron chi connectivity index (χ4n) is 3.05. The summed E-state index contributed by atoms with van der Waals surface area (Å²) < 4.78 is 0. The zero-order valence-corrected chi connectivity index (χ0v) is 14.6. The summed E-state index contributed by atoms with van der Waals surface area (Å²) in [4.78, 5) is 29.0. The molecule has 1 aliphatic carbocycles. The molecule has 1 saturated carbocycles. The maximum atomic E-state index is 12.5. The van der Waals surface area contributed by atoms with Crippen molar-refractivity contribution in [2.24, 2.45) is 0 Å². The quantitative estimate of drug-likeness (QED) is 0.868. The standard InChI is InChI=1S/C17H25N3O2S/c1-11(10-14-8-5-12(2)23-14)18-17(22)20-9-3-4-15(20)16(21)19-13-6-7-13/h5,8,11,13,15H,3-4,6-7,9-10H2,1-2H3,(H,18,22)(H,19,21)/t11-,15-/m1/s1. The Morgan fingerprint density at radius 3 is 2.78 bits per heavy atom. The van der Waals surface area contributed by atoms with Crippen LogP contribution in [-0.2, 0) is 11.2 Å². The van der Waals surface area contributed by atoms with Gasteiger partial charge in [-0.1, -0.05) is 0 Å². The summed E-state index contributed by atoms with van der Waals surface area (Å²) in [6, 6.07) is 4.21. The predicted molar refractivity (Wildman–Crippen MR) is 91.6 cm³/mol. The van der Waals surface area contributed by atoms with Crippen LogP contribution in [0.1, 0.15) is 42.4 Å². The molecule has 0 spiro atoms. The van der Waals surface area contributed by atoms with E-state index in [1.807, 2.05) is 6.92 Å². The SMILES string of the molecule is Cc1ccc(C[C@@H](C)NC(=O)N2CCC[C@@H]2C(=O)NC2CC2)s1. The van der Waals surface area contributed by atoms with Crippen LogP contribution in [-0.4, -0.2) is 41.5 Å². The number of urea groups is 1. The number of carbonyl (C=O) groups excluding carboxylic acids is 2. The first-order valence-electron chi connectivity index (χ1n) is 8.46. The molecule has 0 aromatic carbocycles. The van der Waals surface area contributed by atoms with Gasteiger partial charge in [0.15, 0.2) is 0 Å². The number of rotatable bonds is 5. The van der Waals surface area contributed by atoms with Crippen LogP contribution in [0.3, 0.4) is 0 Å². The number of hydrogen-bond acceptors (Lipinski definition) is 3. The van der Waals surface area contributed by atoms with Gasteiger partial charge >= 0.3 is 6.03 Å². The monoisotopic (exact) mass is 335 g/mol. The largest absolute Gasteiger partial charge is 0.352 e. The first-order chi connectivity index (χ1) is 11.0. The molecule has 1 saturated heterocycles. The van der Waals surface area contributed by atoms with Crippen molar-refractivity contribution in [1.29, 1.82) is 0 Å². The highest BCUT2D eigenvalue weighted by atomic mass is 32.1. The molecule has 23 heavy (non-hydrogen) atoms. The maximum absolute atomic E-state index is 12.5. The summed E-state index contributed by atoms with van der Waals surface area (Å²) in [7, 11) is 0. The third-order valence-electron chi connectivity index (χ3n) is 4.41. The Morgan fingerprint density at radius 1 is 1.35 bits per heavy atom. The van der Waals surface area contributed by atoms with Gasteiger partial charge in [0.1, 0.15) is 6.04 Å². The number of nitrogens with one attached hydrogen (secondary N) is 2. The van der Waals surface area contributed by atoms with Crippen molar-refractivity contribution in [2.45, 2.75) is 64.1 Å². The lowest BCUT2D eigenvalue weighted by atomic mass is 10.2. The summed E-state index contributed by atoms with van der Waals surface area (Å²) in [6.45, 7) is 4.77. The third-order valence-corrected chi connectivity index (χ3v) is 5.44. The molecule has 126 valence electrons. The lowest BCUT2D eigenvalue weighted by Crippen LogP contribution is -2.51. The van der Waals surface area contributed by atoms with Crippen LogP contribution in [0.15, 0.2) is 12.1 Å². The summed E-state index contributed by atoms with van der Waals surface area (Å²) in [5.41, 5.74) is 0. The van der Waals surface area contributed by atoms with Crippen LogP contribution in [0.4, 0.5) is 4.79 Å². The molecule has 1 aromatic heterocycles. The van der Waals surface area contributed by atoms with E-state index in [1.165, 1.54) is 9.75 Å². The number of likely N-dealkylation sites (tertiary alicyclic amines) is 1. The normalized spacial score (nSPS) is 22.0. The maximum Gasteiger partial charge on any atom is 0.318 e. The highest BCUT2D eigenvalue weighted by Crippen LogP contribution is 2.22. The minimum absolute atomic E-state index is 0.0154. The predicted octanol–water partition coefficient (Wildman–Crippen LogP) is 2.44. The Labute approximate surface area is 141 Å². The van der Waals surface area contributed by atoms with Crippen molar-refractivity contribution in [1.82, 2.24) is 15.5 Å². The molecule has 0 unspecified atom stereocenters. The smallest absolute Gasteiger partial charge is 0.318 e. The van der Waals surface area contributed by atoms with Crippen molar-refractivity contribution in [3.05, 3.63) is 21.9 Å². The van der Waals surface area contributed by atoms with E-state index in [-0.39, 0.29) is 24.0 Å². The van der Waals surface area contributed by atoms with Crippen molar-refractivity contribution in [2.75, 3.05) is 6.54 Å². The first-order valence-corrected chi connectivity index (χ1v) is 9.27. The van der Waals surface area contributed by atoms with Gasteiger partial charge in [-0.15, -0.1) is 11.3 Å². The molecule has 2 aliphatic rings. The summed E-state index contributed by atoms with van der Waals surface area (Å²) in [6.07, 6.45) is 4.64. The average Bonchev–Trinajstić information content (AvgIpc) is 3.00. The minimum atomic E-state index is -0.299. The van der Waals surface area contributed by atoms with Gasteiger partial charge in [-0.25, -0.2) is 4.79 Å². The number of amides is 3. The van der Waals surface area contributed by atoms with Crippen LogP contribution >= 0.6 is 11.3 Å². The molecule has 5 nitrogen and oxygen atoms in total. The third kappa shape index (κ3) is 4.25. The molecule has 0 bridgehead atoms. The van der Waals surface area contributed by atoms with E-state index in [1.54, 1.807) is 16.2 Å². The van der Waals surface area contributed by atoms with Gasteiger partial charge in [0.2, 0.25) is 5.91 Å². The molecule has 2 atom stereocenters. The molecule has 3 amide bonds. The number of hydrogen-bond donors (Lipinski definition) is 2. The second-order valence-corrected chi connectivity index (χ2v) is 8.07. The number of nitrogens with zero attached hydrogens (tertiary/aromatic N) is 1. The molecule has 3 rings (SSSR count). The summed E-state index contributed by atoms with van der Waals surface area (Å²) >= 11 is 1.77. The molecule has 2 fully saturated rings. The lowest BCUT2D eigenvalue weighted by Gasteiger charge is -2.26. The van der Waals surface area contributed by atoms with E-state index in [9.17, 15) is 9.59 Å². The highest BCUT2D eigenvalue weighted by Gasteiger charge is 2.36. The van der Waals surface area contributed by atoms with Crippen LogP contribution < -0.4 is 10.6 Å². The number of carbonyl (C=O) groups is 2. The van der Waals surface area contributed by atoms with Crippen LogP contribution in [0, 0.1) is 6.92 Å². The fraction of sp³-hybridized carbons (Fsp3) is 0.647. The summed E-state index contributed by atoms with van der Waals surface area (Å²) in [5, 5.41) is 6.06. The second kappa shape index (κ2) is 6.91. The average molecular weight is 335 g/mol. The van der Waals surface area contributed by atoms with E-state index < -0.39 is 0 Å². The van der Waals surface area contributed by atoms with Crippen LogP contribution in [0.25, 0.3) is 0 Å². The Kier molecular flexibility index (Phi) is 4.90. The van der Waals surface area contributed by atoms with Gasteiger partial charge in [-0.3, -0.25) is 4.79 Å². The van der Waals surface area contributed by atoms with Crippen molar-refractivity contribution in [3.8, 4) is 0 Å². The Balaban J connectivity index is 1.52. The fourth-order valence-corrected chi connectivity index (χ4v) is 4.07. The topological polar surface area (TPSA) is 61.4 Å². The summed E-state index contributed by atoms with van der Waals surface area (Å²) in [5.74, 6) is 0.0154. The molecule has 2 N–H and O–H groups in total. The van der Waals surface area contributed by atoms with Gasteiger partial charge < -0.3 is 15.5 Å². The molecular formula is C17H25N3O2S. The van der Waals surface area contributed by atoms with Gasteiger partial charge in [0, 0.05) is 34.8 Å². The Morgan fingerprint density at radius 2 is 2.13 bits per heavy atom. The molecule has 1 aromatic rings. The molecule has 2 heterocycles. The molecule has 0 radical (unpaired) electrons. The van der Waals surface area contributed by atoms with Crippen molar-refractivity contribution < 1.29 is 9.59 Å². The van der Waals surface area contributed by atoms with E-state index in [0.717, 1.165) is 32.1 Å². The van der Waals surface area contributed by atoms with E-state index >= 15 is 0 Å². The van der Waals surface area contributed by atoms with Gasteiger partial charge in [0.05, 0.1) is 0 Å². The van der Waals surface area contributed by atoms with Crippen molar-refractivity contribution >= 4 is 23.3 Å². The van der Waals surface area contributed by atoms with Gasteiger partial charge in [0.25, 0.3) is 0 Å². The Bertz CT molecular complexity index is 582. The molecular weight excluding hydrogens is 310 g/mol. The number of thiophene rings is 1. The molecule has 6 heteroatoms. The van der Waals surface area contributed by atoms with Crippen molar-refractivity contribution in [3.63, 3.8) is 0 Å². The molecule has 1 aliphatic heterocycles. The lowest BCUT2D eigenvalue weighted by molar-refractivity contribution is -0.124. The zero-order chi connectivity index (χ0) is 16.4. The highest BCUT2D eigenvalue weighted by molar-refractivity contribution is 7.11. The second-order valence-electron chi connectivity index (χ2n) is 6.70. The van der Waals surface area contributed by atoms with Crippen LogP contribution in [0.2, 0.25) is 0 Å². The van der Waals surface area contributed by atoms with Crippen LogP contribution in [0.5, 0.6) is 0 Å². The van der Waals surface area contributed by atoms with E-state index in [0.29, 0.717) is 12.6 Å². The first kappa shape index (κ1) is 16.3. The van der Waals surface area contributed by atoms with Gasteiger partial charge in [-0.2, -0.15) is 0 Å². The number of aryl methyl sites for hydroxylation is 1.